The fraction of sp³-hybridized carbons (Fsp3) is 0.200. The van der Waals surface area contributed by atoms with E-state index >= 15 is 0 Å². The molecule has 0 bridgehead atoms. The molecule has 0 aliphatic rings. The van der Waals surface area contributed by atoms with Gasteiger partial charge in [0.15, 0.2) is 23.3 Å². The third-order valence-corrected chi connectivity index (χ3v) is 3.38. The third kappa shape index (κ3) is 3.19. The summed E-state index contributed by atoms with van der Waals surface area (Å²) in [7, 11) is 0. The van der Waals surface area contributed by atoms with E-state index in [1.807, 2.05) is 0 Å². The van der Waals surface area contributed by atoms with Gasteiger partial charge in [0.25, 0.3) is 0 Å². The first kappa shape index (κ1) is 15.8. The third-order valence-electron chi connectivity index (χ3n) is 3.05. The molecule has 0 aliphatic heterocycles. The lowest BCUT2D eigenvalue weighted by atomic mass is 9.97. The SMILES string of the molecule is CCNC(c1cc(F)c(F)cc1Cl)c1cccc(F)c1F. The standard InChI is InChI=1S/C15H12ClF4N/c1-2-21-15(8-4-3-5-11(17)14(8)20)9-6-12(18)13(19)7-10(9)16/h3-7,15,21H,2H2,1H3. The molecule has 21 heavy (non-hydrogen) atoms. The van der Waals surface area contributed by atoms with Gasteiger partial charge in [-0.05, 0) is 30.3 Å². The predicted molar refractivity (Wildman–Crippen MR) is 73.2 cm³/mol. The Labute approximate surface area is 124 Å². The van der Waals surface area contributed by atoms with E-state index in [-0.39, 0.29) is 16.1 Å². The molecule has 2 aromatic carbocycles. The molecule has 1 nitrogen and oxygen atoms in total. The van der Waals surface area contributed by atoms with Crippen molar-refractivity contribution in [2.75, 3.05) is 6.54 Å². The zero-order valence-electron chi connectivity index (χ0n) is 11.1. The summed E-state index contributed by atoms with van der Waals surface area (Å²) in [6, 6.07) is 4.50. The van der Waals surface area contributed by atoms with Crippen molar-refractivity contribution >= 4 is 11.6 Å². The quantitative estimate of drug-likeness (QED) is 0.642. The maximum Gasteiger partial charge on any atom is 0.163 e. The topological polar surface area (TPSA) is 12.0 Å². The Hall–Kier alpha value is -1.59. The second-order valence-corrected chi connectivity index (χ2v) is 4.83. The molecule has 2 aromatic rings. The zero-order chi connectivity index (χ0) is 15.6. The minimum atomic E-state index is -1.10. The molecular weight excluding hydrogens is 306 g/mol. The molecule has 0 fully saturated rings. The molecule has 0 aliphatic carbocycles. The van der Waals surface area contributed by atoms with Crippen molar-refractivity contribution in [1.82, 2.24) is 5.32 Å². The molecule has 0 heterocycles. The number of hydrogen-bond acceptors (Lipinski definition) is 1. The van der Waals surface area contributed by atoms with Gasteiger partial charge < -0.3 is 5.32 Å². The van der Waals surface area contributed by atoms with Crippen LogP contribution in [0.2, 0.25) is 5.02 Å². The van der Waals surface area contributed by atoms with Crippen LogP contribution in [0.5, 0.6) is 0 Å². The van der Waals surface area contributed by atoms with Crippen molar-refractivity contribution in [3.63, 3.8) is 0 Å². The van der Waals surface area contributed by atoms with Crippen molar-refractivity contribution in [2.24, 2.45) is 0 Å². The molecule has 0 saturated carbocycles. The summed E-state index contributed by atoms with van der Waals surface area (Å²) < 4.78 is 53.9. The number of rotatable bonds is 4. The molecule has 6 heteroatoms. The average molecular weight is 318 g/mol. The summed E-state index contributed by atoms with van der Waals surface area (Å²) in [5.41, 5.74) is 0.117. The molecule has 1 N–H and O–H groups in total. The molecular formula is C15H12ClF4N. The van der Waals surface area contributed by atoms with Gasteiger partial charge in [-0.25, -0.2) is 17.6 Å². The number of benzene rings is 2. The first-order valence-electron chi connectivity index (χ1n) is 6.27. The van der Waals surface area contributed by atoms with Crippen LogP contribution in [0.4, 0.5) is 17.6 Å². The second-order valence-electron chi connectivity index (χ2n) is 4.42. The molecule has 112 valence electrons. The van der Waals surface area contributed by atoms with Crippen LogP contribution in [0.25, 0.3) is 0 Å². The first-order chi connectivity index (χ1) is 9.95. The summed E-state index contributed by atoms with van der Waals surface area (Å²) in [6.07, 6.45) is 0. The fourth-order valence-corrected chi connectivity index (χ4v) is 2.35. The van der Waals surface area contributed by atoms with Crippen LogP contribution in [0.3, 0.4) is 0 Å². The van der Waals surface area contributed by atoms with E-state index in [0.717, 1.165) is 18.2 Å². The lowest BCUT2D eigenvalue weighted by molar-refractivity contribution is 0.479. The van der Waals surface area contributed by atoms with Crippen LogP contribution in [0.1, 0.15) is 24.1 Å². The van der Waals surface area contributed by atoms with Crippen LogP contribution in [-0.4, -0.2) is 6.54 Å². The van der Waals surface area contributed by atoms with Gasteiger partial charge in [-0.1, -0.05) is 30.7 Å². The van der Waals surface area contributed by atoms with Crippen molar-refractivity contribution in [3.8, 4) is 0 Å². The smallest absolute Gasteiger partial charge is 0.163 e. The van der Waals surface area contributed by atoms with E-state index in [2.05, 4.69) is 5.32 Å². The van der Waals surface area contributed by atoms with Crippen molar-refractivity contribution < 1.29 is 17.6 Å². The van der Waals surface area contributed by atoms with Gasteiger partial charge in [0.1, 0.15) is 0 Å². The monoisotopic (exact) mass is 317 g/mol. The highest BCUT2D eigenvalue weighted by atomic mass is 35.5. The van der Waals surface area contributed by atoms with Gasteiger partial charge in [0.2, 0.25) is 0 Å². The minimum Gasteiger partial charge on any atom is -0.306 e. The van der Waals surface area contributed by atoms with Gasteiger partial charge in [-0.2, -0.15) is 0 Å². The summed E-state index contributed by atoms with van der Waals surface area (Å²) in [5.74, 6) is -4.27. The van der Waals surface area contributed by atoms with E-state index in [1.165, 1.54) is 12.1 Å². The predicted octanol–water partition coefficient (Wildman–Crippen LogP) is 4.60. The lowest BCUT2D eigenvalue weighted by Gasteiger charge is -2.21. The maximum atomic E-state index is 13.9. The Balaban J connectivity index is 2.59. The number of hydrogen-bond donors (Lipinski definition) is 1. The number of nitrogens with one attached hydrogen (secondary N) is 1. The van der Waals surface area contributed by atoms with Gasteiger partial charge in [0, 0.05) is 10.6 Å². The molecule has 0 spiro atoms. The van der Waals surface area contributed by atoms with Gasteiger partial charge >= 0.3 is 0 Å². The van der Waals surface area contributed by atoms with E-state index in [4.69, 9.17) is 11.6 Å². The largest absolute Gasteiger partial charge is 0.306 e. The second kappa shape index (κ2) is 6.45. The fourth-order valence-electron chi connectivity index (χ4n) is 2.09. The van der Waals surface area contributed by atoms with E-state index in [9.17, 15) is 17.6 Å². The average Bonchev–Trinajstić information content (AvgIpc) is 2.44. The van der Waals surface area contributed by atoms with E-state index in [0.29, 0.717) is 6.54 Å². The highest BCUT2D eigenvalue weighted by Crippen LogP contribution is 2.32. The van der Waals surface area contributed by atoms with Gasteiger partial charge in [-0.3, -0.25) is 0 Å². The maximum absolute atomic E-state index is 13.9. The lowest BCUT2D eigenvalue weighted by Crippen LogP contribution is -2.24. The Morgan fingerprint density at radius 2 is 1.67 bits per heavy atom. The Kier molecular flexibility index (Phi) is 4.85. The zero-order valence-corrected chi connectivity index (χ0v) is 11.8. The molecule has 0 aromatic heterocycles. The molecule has 2 rings (SSSR count). The van der Waals surface area contributed by atoms with Gasteiger partial charge in [-0.15, -0.1) is 0 Å². The summed E-state index contributed by atoms with van der Waals surface area (Å²) >= 11 is 5.91. The van der Waals surface area contributed by atoms with Crippen molar-refractivity contribution in [2.45, 2.75) is 13.0 Å². The van der Waals surface area contributed by atoms with E-state index in [1.54, 1.807) is 6.92 Å². The van der Waals surface area contributed by atoms with Crippen molar-refractivity contribution in [3.05, 3.63) is 69.8 Å². The minimum absolute atomic E-state index is 0.0234. The summed E-state index contributed by atoms with van der Waals surface area (Å²) in [4.78, 5) is 0. The molecule has 1 atom stereocenters. The molecule has 1 unspecified atom stereocenters. The Bertz CT molecular complexity index is 660. The molecule has 0 radical (unpaired) electrons. The summed E-state index contributed by atoms with van der Waals surface area (Å²) in [6.45, 7) is 2.15. The van der Waals surface area contributed by atoms with Crippen molar-refractivity contribution in [1.29, 1.82) is 0 Å². The van der Waals surface area contributed by atoms with E-state index < -0.39 is 29.3 Å². The van der Waals surface area contributed by atoms with Crippen LogP contribution in [-0.2, 0) is 0 Å². The normalized spacial score (nSPS) is 12.5. The van der Waals surface area contributed by atoms with Crippen LogP contribution in [0, 0.1) is 23.3 Å². The summed E-state index contributed by atoms with van der Waals surface area (Å²) in [5, 5.41) is 2.82. The van der Waals surface area contributed by atoms with Crippen LogP contribution < -0.4 is 5.32 Å². The Morgan fingerprint density at radius 3 is 2.33 bits per heavy atom. The molecule has 0 amide bonds. The highest BCUT2D eigenvalue weighted by Gasteiger charge is 2.23. The molecule has 0 saturated heterocycles. The first-order valence-corrected chi connectivity index (χ1v) is 6.65. The van der Waals surface area contributed by atoms with Crippen LogP contribution in [0.15, 0.2) is 30.3 Å². The van der Waals surface area contributed by atoms with Gasteiger partial charge in [0.05, 0.1) is 6.04 Å². The number of halogens is 5. The Morgan fingerprint density at radius 1 is 1.00 bits per heavy atom. The highest BCUT2D eigenvalue weighted by molar-refractivity contribution is 6.31. The van der Waals surface area contributed by atoms with Crippen LogP contribution >= 0.6 is 11.6 Å².